The molecule has 0 aliphatic rings. The molecule has 0 aromatic rings. The molecular weight excluding hydrogens is 185 g/mol. The van der Waals surface area contributed by atoms with Gasteiger partial charge in [0, 0.05) is 0 Å². The van der Waals surface area contributed by atoms with Gasteiger partial charge in [-0.2, -0.15) is 0 Å². The summed E-state index contributed by atoms with van der Waals surface area (Å²) in [6.45, 7) is 0. The van der Waals surface area contributed by atoms with Crippen LogP contribution in [-0.2, 0) is 5.48 Å². The first-order valence-electron chi connectivity index (χ1n) is 0. The molecule has 0 spiro atoms. The molecule has 0 N–H and O–H groups in total. The van der Waals surface area contributed by atoms with Crippen molar-refractivity contribution in [2.24, 2.45) is 0 Å². The van der Waals surface area contributed by atoms with Crippen molar-refractivity contribution in [1.82, 2.24) is 0 Å². The fourth-order valence-electron chi connectivity index (χ4n) is 0. The van der Waals surface area contributed by atoms with Gasteiger partial charge in [0.25, 0.3) is 0 Å². The Labute approximate surface area is 87.7 Å². The predicted octanol–water partition coefficient (Wildman–Crippen LogP) is -6.11. The molecule has 0 amide bonds. The third-order valence-corrected chi connectivity index (χ3v) is 0. The van der Waals surface area contributed by atoms with Crippen LogP contribution in [0.5, 0.6) is 0 Å². The van der Waals surface area contributed by atoms with Crippen LogP contribution in [-0.4, -0.2) is 0 Å². The molecule has 0 atom stereocenters. The topological polar surface area (TPSA) is 28.5 Å². The third-order valence-electron chi connectivity index (χ3n) is 0. The van der Waals surface area contributed by atoms with Gasteiger partial charge in [-0.15, -0.1) is 0 Å². The molecule has 1 nitrogen and oxygen atoms in total. The minimum Gasteiger partial charge on any atom is -2.00 e. The van der Waals surface area contributed by atoms with E-state index in [1.807, 2.05) is 0 Å². The molecular formula is LaLiNaO+3. The van der Waals surface area contributed by atoms with Crippen LogP contribution in [0.4, 0.5) is 0 Å². The maximum Gasteiger partial charge on any atom is 3.00 e. The van der Waals surface area contributed by atoms with Crippen LogP contribution in [0.15, 0.2) is 0 Å². The first-order chi connectivity index (χ1) is 0. The zero-order valence-corrected chi connectivity index (χ0v) is 8.61. The van der Waals surface area contributed by atoms with E-state index in [9.17, 15) is 0 Å². The molecule has 0 heterocycles. The van der Waals surface area contributed by atoms with Crippen LogP contribution < -0.4 is 48.4 Å². The second kappa shape index (κ2) is 17.1. The SMILES string of the molecule is [La+3].[Li+].[Na+].[O-2]. The van der Waals surface area contributed by atoms with Crippen LogP contribution in [0, 0.1) is 35.6 Å². The Kier molecular flexibility index (Phi) is 126. The van der Waals surface area contributed by atoms with E-state index >= 15 is 0 Å². The third kappa shape index (κ3) is 8.83. The molecule has 0 aliphatic carbocycles. The first-order valence-corrected chi connectivity index (χ1v) is 0. The molecule has 0 aliphatic heterocycles. The van der Waals surface area contributed by atoms with Gasteiger partial charge in [0.2, 0.25) is 0 Å². The minimum atomic E-state index is 0. The Balaban J connectivity index is 0. The molecule has 0 radical (unpaired) electrons. The largest absolute Gasteiger partial charge is 3.00 e. The summed E-state index contributed by atoms with van der Waals surface area (Å²) in [5.74, 6) is 0. The molecule has 4 heteroatoms. The van der Waals surface area contributed by atoms with Crippen molar-refractivity contribution < 1.29 is 89.5 Å². The van der Waals surface area contributed by atoms with Gasteiger partial charge in [-0.25, -0.2) is 0 Å². The molecule has 0 aromatic heterocycles. The van der Waals surface area contributed by atoms with Gasteiger partial charge in [-0.3, -0.25) is 0 Å². The van der Waals surface area contributed by atoms with Crippen molar-refractivity contribution >= 4 is 0 Å². The van der Waals surface area contributed by atoms with Crippen molar-refractivity contribution in [3.8, 4) is 0 Å². The smallest absolute Gasteiger partial charge is 2.00 e. The Bertz CT molecular complexity index is 8.00. The van der Waals surface area contributed by atoms with E-state index < -0.39 is 0 Å². The Morgan fingerprint density at radius 3 is 1.00 bits per heavy atom. The van der Waals surface area contributed by atoms with E-state index in [1.54, 1.807) is 0 Å². The maximum absolute atomic E-state index is 0. The van der Waals surface area contributed by atoms with Crippen LogP contribution in [0.25, 0.3) is 0 Å². The normalized spacial score (nSPS) is 0. The van der Waals surface area contributed by atoms with Gasteiger partial charge in [0.1, 0.15) is 0 Å². The van der Waals surface area contributed by atoms with Gasteiger partial charge in [0.05, 0.1) is 0 Å². The van der Waals surface area contributed by atoms with Gasteiger partial charge in [0.15, 0.2) is 0 Å². The summed E-state index contributed by atoms with van der Waals surface area (Å²) in [7, 11) is 0. The van der Waals surface area contributed by atoms with Crippen molar-refractivity contribution in [3.63, 3.8) is 0 Å². The van der Waals surface area contributed by atoms with Gasteiger partial charge >= 0.3 is 84.0 Å². The first kappa shape index (κ1) is 29.5. The predicted molar refractivity (Wildman–Crippen MR) is 0.686 cm³/mol. The van der Waals surface area contributed by atoms with E-state index in [-0.39, 0.29) is 89.5 Å². The second-order valence-electron chi connectivity index (χ2n) is 0. The summed E-state index contributed by atoms with van der Waals surface area (Å²) in [6.07, 6.45) is 0. The van der Waals surface area contributed by atoms with Crippen molar-refractivity contribution in [3.05, 3.63) is 0 Å². The van der Waals surface area contributed by atoms with Crippen molar-refractivity contribution in [2.75, 3.05) is 0 Å². The Morgan fingerprint density at radius 1 is 1.00 bits per heavy atom. The van der Waals surface area contributed by atoms with Gasteiger partial charge in [-0.05, 0) is 0 Å². The molecule has 0 saturated heterocycles. The second-order valence-corrected chi connectivity index (χ2v) is 0. The molecule has 0 aromatic carbocycles. The molecule has 0 fully saturated rings. The summed E-state index contributed by atoms with van der Waals surface area (Å²) in [4.78, 5) is 0. The quantitative estimate of drug-likeness (QED) is 0.336. The van der Waals surface area contributed by atoms with E-state index in [1.165, 1.54) is 0 Å². The molecule has 0 unspecified atom stereocenters. The van der Waals surface area contributed by atoms with E-state index in [2.05, 4.69) is 0 Å². The number of hydrogen-bond donors (Lipinski definition) is 0. The summed E-state index contributed by atoms with van der Waals surface area (Å²) in [5.41, 5.74) is 0. The summed E-state index contributed by atoms with van der Waals surface area (Å²) in [5, 5.41) is 0. The van der Waals surface area contributed by atoms with Crippen LogP contribution in [0.2, 0.25) is 0 Å². The standard InChI is InChI=1S/La.Li.Na.O/q+3;2*+1;-2. The van der Waals surface area contributed by atoms with Crippen LogP contribution in [0.3, 0.4) is 0 Å². The average molecular weight is 185 g/mol. The van der Waals surface area contributed by atoms with Gasteiger partial charge < -0.3 is 5.48 Å². The summed E-state index contributed by atoms with van der Waals surface area (Å²) in [6, 6.07) is 0. The van der Waals surface area contributed by atoms with Gasteiger partial charge in [-0.1, -0.05) is 0 Å². The molecule has 8 valence electrons. The monoisotopic (exact) mass is 185 g/mol. The molecule has 0 rings (SSSR count). The number of hydrogen-bond acceptors (Lipinski definition) is 0. The summed E-state index contributed by atoms with van der Waals surface area (Å²) < 4.78 is 0. The van der Waals surface area contributed by atoms with Crippen LogP contribution in [0.1, 0.15) is 0 Å². The Hall–Kier alpha value is 2.75. The zero-order valence-electron chi connectivity index (χ0n) is 2.99. The van der Waals surface area contributed by atoms with Crippen molar-refractivity contribution in [2.45, 2.75) is 0 Å². The fourth-order valence-corrected chi connectivity index (χ4v) is 0. The van der Waals surface area contributed by atoms with Crippen molar-refractivity contribution in [1.29, 1.82) is 0 Å². The number of rotatable bonds is 0. The van der Waals surface area contributed by atoms with E-state index in [0.717, 1.165) is 0 Å². The maximum atomic E-state index is 0. The van der Waals surface area contributed by atoms with Crippen LogP contribution >= 0.6 is 0 Å². The van der Waals surface area contributed by atoms with E-state index in [0.29, 0.717) is 0 Å². The molecule has 4 heavy (non-hydrogen) atoms. The Morgan fingerprint density at radius 2 is 1.00 bits per heavy atom. The molecule has 0 saturated carbocycles. The van der Waals surface area contributed by atoms with E-state index in [4.69, 9.17) is 0 Å². The molecule has 0 bridgehead atoms. The summed E-state index contributed by atoms with van der Waals surface area (Å²) >= 11 is 0. The minimum absolute atomic E-state index is 0. The fraction of sp³-hybridized carbons (Fsp3) is 0. The average Bonchev–Trinajstić information content (AvgIpc) is 0. The zero-order chi connectivity index (χ0) is 0.